The molecule has 34 heavy (non-hydrogen) atoms. The van der Waals surface area contributed by atoms with Crippen molar-refractivity contribution in [1.29, 1.82) is 0 Å². The van der Waals surface area contributed by atoms with Crippen LogP contribution in [-0.4, -0.2) is 41.6 Å². The fraction of sp³-hybridized carbons (Fsp3) is 0.0833. The van der Waals surface area contributed by atoms with E-state index in [1.165, 1.54) is 48.5 Å². The SMILES string of the molecule is O=C(COC(=O)COc1ccccc1[N+](=O)[O-])Nc1cccc2c1C(=O)c1ccccc1C2=O. The smallest absolute Gasteiger partial charge is 0.344 e. The van der Waals surface area contributed by atoms with Crippen LogP contribution in [0.3, 0.4) is 0 Å². The van der Waals surface area contributed by atoms with Gasteiger partial charge in [0.2, 0.25) is 0 Å². The first kappa shape index (κ1) is 22.3. The van der Waals surface area contributed by atoms with Gasteiger partial charge in [-0.1, -0.05) is 48.5 Å². The van der Waals surface area contributed by atoms with Crippen LogP contribution in [0.2, 0.25) is 0 Å². The molecule has 0 fully saturated rings. The summed E-state index contributed by atoms with van der Waals surface area (Å²) in [5, 5.41) is 13.5. The first-order chi connectivity index (χ1) is 16.4. The average molecular weight is 460 g/mol. The lowest BCUT2D eigenvalue weighted by Gasteiger charge is -2.20. The first-order valence-corrected chi connectivity index (χ1v) is 10.00. The Morgan fingerprint density at radius 3 is 2.21 bits per heavy atom. The molecule has 0 unspecified atom stereocenters. The van der Waals surface area contributed by atoms with E-state index in [9.17, 15) is 29.3 Å². The lowest BCUT2D eigenvalue weighted by molar-refractivity contribution is -0.385. The molecular weight excluding hydrogens is 444 g/mol. The molecule has 0 bridgehead atoms. The minimum absolute atomic E-state index is 0.0607. The minimum Gasteiger partial charge on any atom is -0.475 e. The van der Waals surface area contributed by atoms with Crippen LogP contribution in [0.1, 0.15) is 31.8 Å². The lowest BCUT2D eigenvalue weighted by atomic mass is 9.83. The van der Waals surface area contributed by atoms with Gasteiger partial charge >= 0.3 is 11.7 Å². The second kappa shape index (κ2) is 9.33. The molecule has 3 aromatic rings. The standard InChI is InChI=1S/C24H16N2O8/c27-20(12-34-21(28)13-33-19-11-4-3-10-18(19)26(31)32)25-17-9-5-8-16-22(17)24(30)15-7-2-1-6-14(15)23(16)29/h1-11H,12-13H2,(H,25,27). The number of nitrogens with one attached hydrogen (secondary N) is 1. The number of nitrogens with zero attached hydrogens (tertiary/aromatic N) is 1. The van der Waals surface area contributed by atoms with E-state index in [-0.39, 0.29) is 45.2 Å². The number of esters is 1. The van der Waals surface area contributed by atoms with Gasteiger partial charge in [0.25, 0.3) is 5.91 Å². The number of nitro groups is 1. The molecule has 10 heteroatoms. The molecule has 0 aromatic heterocycles. The van der Waals surface area contributed by atoms with Gasteiger partial charge in [-0.05, 0) is 12.1 Å². The van der Waals surface area contributed by atoms with Crippen molar-refractivity contribution >= 4 is 34.8 Å². The third-order valence-electron chi connectivity index (χ3n) is 5.00. The summed E-state index contributed by atoms with van der Waals surface area (Å²) in [7, 11) is 0. The van der Waals surface area contributed by atoms with Crippen molar-refractivity contribution < 1.29 is 33.6 Å². The van der Waals surface area contributed by atoms with Gasteiger partial charge in [0.1, 0.15) is 0 Å². The molecule has 0 atom stereocenters. The normalized spacial score (nSPS) is 11.8. The second-order valence-corrected chi connectivity index (χ2v) is 7.15. The zero-order valence-electron chi connectivity index (χ0n) is 17.5. The monoisotopic (exact) mass is 460 g/mol. The summed E-state index contributed by atoms with van der Waals surface area (Å²) in [5.74, 6) is -2.53. The Labute approximate surface area is 192 Å². The largest absolute Gasteiger partial charge is 0.475 e. The van der Waals surface area contributed by atoms with Crippen LogP contribution < -0.4 is 10.1 Å². The van der Waals surface area contributed by atoms with E-state index in [2.05, 4.69) is 5.32 Å². The molecule has 0 heterocycles. The Hall–Kier alpha value is -4.86. The molecule has 0 radical (unpaired) electrons. The average Bonchev–Trinajstić information content (AvgIpc) is 2.84. The number of amides is 1. The van der Waals surface area contributed by atoms with Gasteiger partial charge in [-0.2, -0.15) is 0 Å². The van der Waals surface area contributed by atoms with Crippen LogP contribution in [0.25, 0.3) is 0 Å². The number of fused-ring (bicyclic) bond motifs is 2. The Balaban J connectivity index is 1.39. The predicted octanol–water partition coefficient (Wildman–Crippen LogP) is 2.93. The number of hydrogen-bond donors (Lipinski definition) is 1. The summed E-state index contributed by atoms with van der Waals surface area (Å²) in [4.78, 5) is 60.3. The number of ether oxygens (including phenoxy) is 2. The van der Waals surface area contributed by atoms with Gasteiger partial charge in [-0.3, -0.25) is 24.5 Å². The number of carbonyl (C=O) groups is 4. The van der Waals surface area contributed by atoms with Crippen molar-refractivity contribution in [2.75, 3.05) is 18.5 Å². The van der Waals surface area contributed by atoms with E-state index in [4.69, 9.17) is 9.47 Å². The topological polar surface area (TPSA) is 142 Å². The molecule has 3 aromatic carbocycles. The Kier molecular flexibility index (Phi) is 6.13. The van der Waals surface area contributed by atoms with Crippen molar-refractivity contribution in [2.24, 2.45) is 0 Å². The van der Waals surface area contributed by atoms with Gasteiger partial charge < -0.3 is 14.8 Å². The molecule has 1 aliphatic carbocycles. The zero-order valence-corrected chi connectivity index (χ0v) is 17.5. The van der Waals surface area contributed by atoms with Crippen molar-refractivity contribution in [1.82, 2.24) is 0 Å². The third-order valence-corrected chi connectivity index (χ3v) is 5.00. The van der Waals surface area contributed by atoms with Crippen molar-refractivity contribution in [3.05, 3.63) is 99.1 Å². The minimum atomic E-state index is -0.927. The number of rotatable bonds is 7. The Morgan fingerprint density at radius 2 is 1.47 bits per heavy atom. The van der Waals surface area contributed by atoms with Gasteiger partial charge in [0, 0.05) is 22.8 Å². The number of para-hydroxylation sites is 2. The Morgan fingerprint density at radius 1 is 0.824 bits per heavy atom. The maximum atomic E-state index is 13.0. The second-order valence-electron chi connectivity index (χ2n) is 7.15. The highest BCUT2D eigenvalue weighted by molar-refractivity contribution is 6.30. The third kappa shape index (κ3) is 4.37. The van der Waals surface area contributed by atoms with Crippen LogP contribution in [0.15, 0.2) is 66.7 Å². The first-order valence-electron chi connectivity index (χ1n) is 10.00. The van der Waals surface area contributed by atoms with Crippen LogP contribution >= 0.6 is 0 Å². The van der Waals surface area contributed by atoms with E-state index < -0.39 is 35.8 Å². The van der Waals surface area contributed by atoms with E-state index in [0.717, 1.165) is 0 Å². The summed E-state index contributed by atoms with van der Waals surface area (Å²) in [6.45, 7) is -1.34. The summed E-state index contributed by atoms with van der Waals surface area (Å²) in [5.41, 5.74) is 0.545. The number of ketones is 2. The molecule has 1 amide bonds. The summed E-state index contributed by atoms with van der Waals surface area (Å²) in [6, 6.07) is 16.4. The molecule has 0 saturated carbocycles. The van der Waals surface area contributed by atoms with Gasteiger partial charge in [-0.15, -0.1) is 0 Å². The van der Waals surface area contributed by atoms with E-state index >= 15 is 0 Å². The summed E-state index contributed by atoms with van der Waals surface area (Å²) in [6.07, 6.45) is 0. The molecular formula is C24H16N2O8. The van der Waals surface area contributed by atoms with Gasteiger partial charge in [0.05, 0.1) is 16.2 Å². The summed E-state index contributed by atoms with van der Waals surface area (Å²) < 4.78 is 9.96. The molecule has 0 saturated heterocycles. The van der Waals surface area contributed by atoms with Gasteiger partial charge in [0.15, 0.2) is 30.5 Å². The molecule has 0 aliphatic heterocycles. The van der Waals surface area contributed by atoms with Gasteiger partial charge in [-0.25, -0.2) is 4.79 Å². The van der Waals surface area contributed by atoms with Crippen molar-refractivity contribution in [3.8, 4) is 5.75 Å². The number of hydrogen-bond acceptors (Lipinski definition) is 8. The van der Waals surface area contributed by atoms with Crippen LogP contribution in [0.5, 0.6) is 5.75 Å². The molecule has 0 spiro atoms. The number of nitro benzene ring substituents is 1. The van der Waals surface area contributed by atoms with Crippen LogP contribution in [0, 0.1) is 10.1 Å². The fourth-order valence-electron chi connectivity index (χ4n) is 3.49. The van der Waals surface area contributed by atoms with E-state index in [0.29, 0.717) is 0 Å². The maximum Gasteiger partial charge on any atom is 0.344 e. The fourth-order valence-corrected chi connectivity index (χ4v) is 3.49. The van der Waals surface area contributed by atoms with E-state index in [1.54, 1.807) is 18.2 Å². The van der Waals surface area contributed by atoms with Crippen molar-refractivity contribution in [3.63, 3.8) is 0 Å². The van der Waals surface area contributed by atoms with Crippen molar-refractivity contribution in [2.45, 2.75) is 0 Å². The molecule has 1 aliphatic rings. The molecule has 170 valence electrons. The quantitative estimate of drug-likeness (QED) is 0.252. The maximum absolute atomic E-state index is 13.0. The highest BCUT2D eigenvalue weighted by atomic mass is 16.6. The zero-order chi connectivity index (χ0) is 24.2. The van der Waals surface area contributed by atoms with E-state index in [1.807, 2.05) is 0 Å². The number of carbonyl (C=O) groups excluding carboxylic acids is 4. The number of anilines is 1. The highest BCUT2D eigenvalue weighted by Crippen LogP contribution is 2.32. The summed E-state index contributed by atoms with van der Waals surface area (Å²) >= 11 is 0. The van der Waals surface area contributed by atoms with Crippen LogP contribution in [0.4, 0.5) is 11.4 Å². The molecule has 1 N–H and O–H groups in total. The molecule has 10 nitrogen and oxygen atoms in total. The lowest BCUT2D eigenvalue weighted by Crippen LogP contribution is -2.26. The highest BCUT2D eigenvalue weighted by Gasteiger charge is 2.31. The predicted molar refractivity (Wildman–Crippen MR) is 118 cm³/mol. The molecule has 4 rings (SSSR count). The Bertz CT molecular complexity index is 1350. The number of benzene rings is 3. The van der Waals surface area contributed by atoms with Crippen LogP contribution in [-0.2, 0) is 14.3 Å².